The first-order chi connectivity index (χ1) is 9.20. The van der Waals surface area contributed by atoms with Crippen LogP contribution >= 0.6 is 0 Å². The van der Waals surface area contributed by atoms with E-state index in [-0.39, 0.29) is 0 Å². The van der Waals surface area contributed by atoms with Gasteiger partial charge in [0.1, 0.15) is 5.75 Å². The van der Waals surface area contributed by atoms with Gasteiger partial charge in [0.05, 0.1) is 18.0 Å². The second-order valence-electron chi connectivity index (χ2n) is 5.28. The number of hydrogen-bond acceptors (Lipinski definition) is 4. The highest BCUT2D eigenvalue weighted by Gasteiger charge is 2.16. The summed E-state index contributed by atoms with van der Waals surface area (Å²) in [4.78, 5) is 2.39. The number of nitrogens with zero attached hydrogens (tertiary/aromatic N) is 1. The van der Waals surface area contributed by atoms with Crippen molar-refractivity contribution >= 4 is 11.4 Å². The molecule has 0 saturated carbocycles. The maximum atomic E-state index is 6.11. The lowest BCUT2D eigenvalue weighted by molar-refractivity contribution is 0.226. The topological polar surface area (TPSA) is 50.5 Å². The normalized spacial score (nSPS) is 17.4. The molecule has 106 valence electrons. The van der Waals surface area contributed by atoms with E-state index in [9.17, 15) is 0 Å². The van der Waals surface area contributed by atoms with Crippen molar-refractivity contribution in [2.75, 3.05) is 44.3 Å². The highest BCUT2D eigenvalue weighted by Crippen LogP contribution is 2.30. The summed E-state index contributed by atoms with van der Waals surface area (Å²) in [6.07, 6.45) is 2.52. The summed E-state index contributed by atoms with van der Waals surface area (Å²) >= 11 is 0. The second-order valence-corrected chi connectivity index (χ2v) is 5.28. The van der Waals surface area contributed by atoms with Gasteiger partial charge in [0.2, 0.25) is 0 Å². The van der Waals surface area contributed by atoms with Crippen LogP contribution in [0.25, 0.3) is 0 Å². The van der Waals surface area contributed by atoms with Crippen molar-refractivity contribution in [1.82, 2.24) is 4.90 Å². The molecular formula is C15H25N3O. The molecule has 1 aliphatic heterocycles. The smallest absolute Gasteiger partial charge is 0.144 e. The molecule has 1 fully saturated rings. The van der Waals surface area contributed by atoms with Crippen LogP contribution in [0.15, 0.2) is 18.2 Å². The third-order valence-corrected chi connectivity index (χ3v) is 3.79. The van der Waals surface area contributed by atoms with Crippen molar-refractivity contribution in [3.05, 3.63) is 18.2 Å². The number of nitrogen functional groups attached to an aromatic ring is 1. The van der Waals surface area contributed by atoms with Crippen LogP contribution in [-0.2, 0) is 0 Å². The van der Waals surface area contributed by atoms with Gasteiger partial charge in [0.15, 0.2) is 0 Å². The average Bonchev–Trinajstić information content (AvgIpc) is 2.42. The molecule has 1 heterocycles. The van der Waals surface area contributed by atoms with E-state index in [0.29, 0.717) is 6.61 Å². The fourth-order valence-electron chi connectivity index (χ4n) is 2.50. The molecule has 1 saturated heterocycles. The number of likely N-dealkylation sites (tertiary alicyclic amines) is 1. The van der Waals surface area contributed by atoms with E-state index in [2.05, 4.69) is 17.3 Å². The number of nitrogens with two attached hydrogens (primary N) is 1. The zero-order valence-electron chi connectivity index (χ0n) is 12.0. The Bertz CT molecular complexity index is 400. The van der Waals surface area contributed by atoms with Gasteiger partial charge in [-0.05, 0) is 58.0 Å². The predicted molar refractivity (Wildman–Crippen MR) is 80.7 cm³/mol. The van der Waals surface area contributed by atoms with Gasteiger partial charge in [-0.15, -0.1) is 0 Å². The summed E-state index contributed by atoms with van der Waals surface area (Å²) in [5.74, 6) is 1.52. The molecule has 0 spiro atoms. The molecule has 0 aromatic heterocycles. The van der Waals surface area contributed by atoms with Crippen molar-refractivity contribution in [3.8, 4) is 5.75 Å². The molecule has 4 heteroatoms. The first kappa shape index (κ1) is 14.0. The van der Waals surface area contributed by atoms with Crippen molar-refractivity contribution in [2.45, 2.75) is 19.8 Å². The zero-order valence-corrected chi connectivity index (χ0v) is 12.0. The quantitative estimate of drug-likeness (QED) is 0.801. The minimum atomic E-state index is 0.641. The van der Waals surface area contributed by atoms with Gasteiger partial charge in [-0.3, -0.25) is 0 Å². The van der Waals surface area contributed by atoms with Crippen LogP contribution in [0.3, 0.4) is 0 Å². The lowest BCUT2D eigenvalue weighted by atomic mass is 9.97. The Morgan fingerprint density at radius 3 is 2.79 bits per heavy atom. The third kappa shape index (κ3) is 3.77. The first-order valence-corrected chi connectivity index (χ1v) is 7.14. The minimum absolute atomic E-state index is 0.641. The fourth-order valence-corrected chi connectivity index (χ4v) is 2.50. The molecule has 1 aromatic carbocycles. The van der Waals surface area contributed by atoms with Crippen LogP contribution in [0.2, 0.25) is 0 Å². The van der Waals surface area contributed by atoms with Gasteiger partial charge in [0.25, 0.3) is 0 Å². The molecule has 3 N–H and O–H groups in total. The van der Waals surface area contributed by atoms with E-state index in [4.69, 9.17) is 10.5 Å². The minimum Gasteiger partial charge on any atom is -0.492 e. The maximum Gasteiger partial charge on any atom is 0.144 e. The van der Waals surface area contributed by atoms with Gasteiger partial charge in [-0.25, -0.2) is 0 Å². The standard InChI is InChI=1S/C15H25N3O/c1-3-19-14-6-4-5-13(15(14)16)17-11-12-7-9-18(2)10-8-12/h4-6,12,17H,3,7-11,16H2,1-2H3. The number of hydrogen-bond donors (Lipinski definition) is 2. The number of para-hydroxylation sites is 1. The molecule has 1 aliphatic rings. The van der Waals surface area contributed by atoms with Crippen LogP contribution in [0.1, 0.15) is 19.8 Å². The lowest BCUT2D eigenvalue weighted by Crippen LogP contribution is -2.33. The Kier molecular flexibility index (Phi) is 4.91. The molecule has 0 aliphatic carbocycles. The van der Waals surface area contributed by atoms with Crippen LogP contribution in [0.5, 0.6) is 5.75 Å². The van der Waals surface area contributed by atoms with Gasteiger partial charge in [-0.1, -0.05) is 6.07 Å². The monoisotopic (exact) mass is 263 g/mol. The predicted octanol–water partition coefficient (Wildman–Crippen LogP) is 2.42. The Balaban J connectivity index is 1.90. The van der Waals surface area contributed by atoms with E-state index in [1.807, 2.05) is 25.1 Å². The summed E-state index contributed by atoms with van der Waals surface area (Å²) in [5, 5.41) is 3.47. The highest BCUT2D eigenvalue weighted by atomic mass is 16.5. The SMILES string of the molecule is CCOc1cccc(NCC2CCN(C)CC2)c1N. The molecule has 1 aromatic rings. The highest BCUT2D eigenvalue weighted by molar-refractivity contribution is 5.72. The Morgan fingerprint density at radius 2 is 2.11 bits per heavy atom. The summed E-state index contributed by atoms with van der Waals surface area (Å²) < 4.78 is 5.51. The molecule has 4 nitrogen and oxygen atoms in total. The maximum absolute atomic E-state index is 6.11. The summed E-state index contributed by atoms with van der Waals surface area (Å²) in [6.45, 7) is 6.00. The van der Waals surface area contributed by atoms with Crippen molar-refractivity contribution in [2.24, 2.45) is 5.92 Å². The van der Waals surface area contributed by atoms with Crippen LogP contribution in [-0.4, -0.2) is 38.2 Å². The van der Waals surface area contributed by atoms with Crippen molar-refractivity contribution < 1.29 is 4.74 Å². The van der Waals surface area contributed by atoms with Crippen LogP contribution in [0, 0.1) is 5.92 Å². The van der Waals surface area contributed by atoms with Crippen molar-refractivity contribution in [3.63, 3.8) is 0 Å². The Labute approximate surface area is 115 Å². The van der Waals surface area contributed by atoms with E-state index >= 15 is 0 Å². The van der Waals surface area contributed by atoms with Crippen molar-refractivity contribution in [1.29, 1.82) is 0 Å². The van der Waals surface area contributed by atoms with Gasteiger partial charge in [-0.2, -0.15) is 0 Å². The molecular weight excluding hydrogens is 238 g/mol. The Hall–Kier alpha value is -1.42. The number of rotatable bonds is 5. The van der Waals surface area contributed by atoms with E-state index in [0.717, 1.165) is 29.6 Å². The van der Waals surface area contributed by atoms with Crippen LogP contribution in [0.4, 0.5) is 11.4 Å². The van der Waals surface area contributed by atoms with Gasteiger partial charge >= 0.3 is 0 Å². The largest absolute Gasteiger partial charge is 0.492 e. The average molecular weight is 263 g/mol. The fraction of sp³-hybridized carbons (Fsp3) is 0.600. The number of benzene rings is 1. The second kappa shape index (κ2) is 6.66. The lowest BCUT2D eigenvalue weighted by Gasteiger charge is -2.29. The Morgan fingerprint density at radius 1 is 1.37 bits per heavy atom. The van der Waals surface area contributed by atoms with E-state index in [1.165, 1.54) is 25.9 Å². The molecule has 0 unspecified atom stereocenters. The molecule has 0 amide bonds. The molecule has 0 atom stereocenters. The molecule has 2 rings (SSSR count). The summed E-state index contributed by atoms with van der Waals surface area (Å²) in [7, 11) is 2.19. The molecule has 0 bridgehead atoms. The van der Waals surface area contributed by atoms with E-state index in [1.54, 1.807) is 0 Å². The molecule has 19 heavy (non-hydrogen) atoms. The van der Waals surface area contributed by atoms with Crippen LogP contribution < -0.4 is 15.8 Å². The zero-order chi connectivity index (χ0) is 13.7. The first-order valence-electron chi connectivity index (χ1n) is 7.14. The molecule has 0 radical (unpaired) electrons. The number of piperidine rings is 1. The third-order valence-electron chi connectivity index (χ3n) is 3.79. The van der Waals surface area contributed by atoms with Gasteiger partial charge < -0.3 is 20.7 Å². The summed E-state index contributed by atoms with van der Waals surface area (Å²) in [6, 6.07) is 5.92. The number of ether oxygens (including phenoxy) is 1. The summed E-state index contributed by atoms with van der Waals surface area (Å²) in [5.41, 5.74) is 7.82. The number of anilines is 2. The number of nitrogens with one attached hydrogen (secondary N) is 1. The van der Waals surface area contributed by atoms with E-state index < -0.39 is 0 Å². The van der Waals surface area contributed by atoms with Gasteiger partial charge in [0, 0.05) is 6.54 Å².